The maximum atomic E-state index is 14.6. The summed E-state index contributed by atoms with van der Waals surface area (Å²) in [4.78, 5) is 52.6. The SMILES string of the molecule is COC(=O)C(O)[C@H]1[C@]2(C)C[C@@]3(O)[C@]1(C)[C@H]1CC[C@]4(C)C(=C1C(=O)[C@@]3(O)[C@H]2OC(C)=O)CC(=O)O[C@H]4c1ccoc1. The van der Waals surface area contributed by atoms with Crippen molar-refractivity contribution in [3.63, 3.8) is 0 Å². The molecular formula is C29H34O11. The molecule has 1 saturated heterocycles. The Morgan fingerprint density at radius 2 is 1.88 bits per heavy atom. The van der Waals surface area contributed by atoms with Crippen LogP contribution in [0.25, 0.3) is 0 Å². The number of cyclic esters (lactones) is 1. The minimum absolute atomic E-state index is 0.164. The molecule has 4 aliphatic carbocycles. The van der Waals surface area contributed by atoms with E-state index in [2.05, 4.69) is 0 Å². The lowest BCUT2D eigenvalue weighted by Crippen LogP contribution is -2.79. The highest BCUT2D eigenvalue weighted by Crippen LogP contribution is 2.79. The molecule has 216 valence electrons. The fourth-order valence-corrected chi connectivity index (χ4v) is 9.68. The first-order chi connectivity index (χ1) is 18.6. The number of methoxy groups -OCH3 is 1. The highest BCUT2D eigenvalue weighted by atomic mass is 16.6. The van der Waals surface area contributed by atoms with Gasteiger partial charge in [0, 0.05) is 40.2 Å². The third kappa shape index (κ3) is 2.81. The van der Waals surface area contributed by atoms with Gasteiger partial charge < -0.3 is 33.9 Å². The highest BCUT2D eigenvalue weighted by molar-refractivity contribution is 6.08. The Morgan fingerprint density at radius 3 is 2.48 bits per heavy atom. The lowest BCUT2D eigenvalue weighted by molar-refractivity contribution is -0.280. The van der Waals surface area contributed by atoms with Gasteiger partial charge in [0.05, 0.1) is 26.1 Å². The number of fused-ring (bicyclic) bond motifs is 4. The Hall–Kier alpha value is -3.02. The summed E-state index contributed by atoms with van der Waals surface area (Å²) in [6.45, 7) is 6.28. The van der Waals surface area contributed by atoms with Gasteiger partial charge in [-0.2, -0.15) is 0 Å². The van der Waals surface area contributed by atoms with E-state index in [9.17, 15) is 34.5 Å². The van der Waals surface area contributed by atoms with E-state index in [1.165, 1.54) is 12.5 Å². The van der Waals surface area contributed by atoms with Crippen LogP contribution in [-0.4, -0.2) is 69.5 Å². The molecule has 2 bridgehead atoms. The van der Waals surface area contributed by atoms with Crippen molar-refractivity contribution in [2.24, 2.45) is 28.1 Å². The van der Waals surface area contributed by atoms with Crippen LogP contribution in [-0.2, 0) is 33.4 Å². The second-order valence-corrected chi connectivity index (χ2v) is 12.9. The first-order valence-corrected chi connectivity index (χ1v) is 13.5. The first kappa shape index (κ1) is 27.2. The molecule has 2 heterocycles. The van der Waals surface area contributed by atoms with Gasteiger partial charge in [-0.1, -0.05) is 20.8 Å². The van der Waals surface area contributed by atoms with Gasteiger partial charge in [0.15, 0.2) is 17.5 Å². The molecule has 0 aromatic carbocycles. The van der Waals surface area contributed by atoms with Crippen LogP contribution in [0.2, 0.25) is 0 Å². The third-order valence-electron chi connectivity index (χ3n) is 11.2. The van der Waals surface area contributed by atoms with Crippen molar-refractivity contribution in [3.05, 3.63) is 35.3 Å². The van der Waals surface area contributed by atoms with Crippen molar-refractivity contribution in [3.8, 4) is 0 Å². The number of aliphatic hydroxyl groups excluding tert-OH is 1. The zero-order valence-electron chi connectivity index (χ0n) is 23.1. The standard InChI is InChI=1S/C29H34O11/c1-13(30)39-24-26(3)12-28(35)27(4,20(26)19(32)23(34)37-5)15-6-8-25(2)16(18(15)21(33)29(24,28)36)10-17(31)40-22(25)14-7-9-38-11-14/h7,9,11,15,19-20,22,24,32,35-36H,6,8,10,12H2,1-5H3/t15-,19?,20-,22-,24-,25+,26-,27+,28+,29+/m0/s1. The van der Waals surface area contributed by atoms with Crippen LogP contribution in [0.1, 0.15) is 65.0 Å². The van der Waals surface area contributed by atoms with Crippen LogP contribution in [0.4, 0.5) is 0 Å². The fraction of sp³-hybridized carbons (Fsp3) is 0.655. The maximum absolute atomic E-state index is 14.6. The number of carbonyl (C=O) groups excluding carboxylic acids is 4. The smallest absolute Gasteiger partial charge is 0.335 e. The molecule has 5 aliphatic rings. The van der Waals surface area contributed by atoms with Gasteiger partial charge in [0.2, 0.25) is 0 Å². The lowest BCUT2D eigenvalue weighted by atomic mass is 9.40. The van der Waals surface area contributed by atoms with Crippen molar-refractivity contribution in [2.45, 2.75) is 82.9 Å². The van der Waals surface area contributed by atoms with E-state index >= 15 is 0 Å². The summed E-state index contributed by atoms with van der Waals surface area (Å²) in [7, 11) is 1.13. The molecule has 0 amide bonds. The Kier molecular flexibility index (Phi) is 5.46. The van der Waals surface area contributed by atoms with Crippen molar-refractivity contribution < 1.29 is 53.1 Å². The average Bonchev–Trinajstić information content (AvgIpc) is 3.53. The van der Waals surface area contributed by atoms with Crippen LogP contribution < -0.4 is 0 Å². The van der Waals surface area contributed by atoms with E-state index in [1.807, 2.05) is 6.92 Å². The molecule has 0 spiro atoms. The summed E-state index contributed by atoms with van der Waals surface area (Å²) in [5.74, 6) is -4.91. The predicted octanol–water partition coefficient (Wildman–Crippen LogP) is 1.54. The summed E-state index contributed by atoms with van der Waals surface area (Å²) >= 11 is 0. The monoisotopic (exact) mass is 558 g/mol. The quantitative estimate of drug-likeness (QED) is 0.362. The molecule has 10 atom stereocenters. The Morgan fingerprint density at radius 1 is 1.18 bits per heavy atom. The fourth-order valence-electron chi connectivity index (χ4n) is 9.68. The second-order valence-electron chi connectivity index (χ2n) is 12.9. The molecule has 1 aliphatic heterocycles. The van der Waals surface area contributed by atoms with E-state index in [0.29, 0.717) is 24.0 Å². The molecule has 3 saturated carbocycles. The molecule has 1 aromatic rings. The van der Waals surface area contributed by atoms with E-state index in [-0.39, 0.29) is 18.4 Å². The second kappa shape index (κ2) is 8.04. The number of aliphatic hydroxyl groups is 3. The Labute approximate surface area is 230 Å². The van der Waals surface area contributed by atoms with Crippen molar-refractivity contribution in [2.75, 3.05) is 7.11 Å². The van der Waals surface area contributed by atoms with Crippen LogP contribution in [0.3, 0.4) is 0 Å². The van der Waals surface area contributed by atoms with Gasteiger partial charge in [-0.25, -0.2) is 4.79 Å². The molecule has 4 fully saturated rings. The largest absolute Gasteiger partial charge is 0.472 e. The highest BCUT2D eigenvalue weighted by Gasteiger charge is 2.91. The summed E-state index contributed by atoms with van der Waals surface area (Å²) in [5, 5.41) is 36.2. The zero-order valence-corrected chi connectivity index (χ0v) is 23.1. The summed E-state index contributed by atoms with van der Waals surface area (Å²) in [6.07, 6.45) is -0.781. The zero-order chi connectivity index (χ0) is 29.2. The minimum Gasteiger partial charge on any atom is -0.472 e. The maximum Gasteiger partial charge on any atom is 0.335 e. The van der Waals surface area contributed by atoms with Crippen LogP contribution in [0.15, 0.2) is 34.2 Å². The van der Waals surface area contributed by atoms with Gasteiger partial charge >= 0.3 is 17.9 Å². The number of hydrogen-bond donors (Lipinski definition) is 3. The molecule has 11 heteroatoms. The minimum atomic E-state index is -2.59. The van der Waals surface area contributed by atoms with E-state index < -0.39 is 81.3 Å². The van der Waals surface area contributed by atoms with Crippen molar-refractivity contribution in [1.29, 1.82) is 0 Å². The predicted molar refractivity (Wildman–Crippen MR) is 133 cm³/mol. The normalized spacial score (nSPS) is 45.9. The Balaban J connectivity index is 1.63. The van der Waals surface area contributed by atoms with Crippen molar-refractivity contribution >= 4 is 23.7 Å². The van der Waals surface area contributed by atoms with E-state index in [4.69, 9.17) is 18.6 Å². The number of Topliss-reactive ketones (excluding diaryl/α,β-unsaturated/α-hetero) is 1. The summed E-state index contributed by atoms with van der Waals surface area (Å²) < 4.78 is 21.5. The Bertz CT molecular complexity index is 1360. The number of esters is 3. The van der Waals surface area contributed by atoms with Crippen LogP contribution >= 0.6 is 0 Å². The van der Waals surface area contributed by atoms with Crippen LogP contribution in [0.5, 0.6) is 0 Å². The van der Waals surface area contributed by atoms with Gasteiger partial charge in [-0.3, -0.25) is 14.4 Å². The van der Waals surface area contributed by atoms with Gasteiger partial charge in [-0.15, -0.1) is 0 Å². The third-order valence-corrected chi connectivity index (χ3v) is 11.2. The van der Waals surface area contributed by atoms with Gasteiger partial charge in [-0.05, 0) is 36.8 Å². The summed E-state index contributed by atoms with van der Waals surface area (Å²) in [5.41, 5.74) is -7.14. The van der Waals surface area contributed by atoms with Gasteiger partial charge in [0.25, 0.3) is 0 Å². The molecule has 1 aromatic heterocycles. The number of carbonyl (C=O) groups is 4. The van der Waals surface area contributed by atoms with E-state index in [1.54, 1.807) is 19.9 Å². The van der Waals surface area contributed by atoms with Crippen LogP contribution in [0, 0.1) is 28.1 Å². The number of furan rings is 1. The topological polar surface area (TPSA) is 170 Å². The summed E-state index contributed by atoms with van der Waals surface area (Å²) in [6, 6.07) is 1.69. The number of ketones is 1. The molecule has 6 rings (SSSR count). The molecule has 3 N–H and O–H groups in total. The van der Waals surface area contributed by atoms with Gasteiger partial charge in [0.1, 0.15) is 17.8 Å². The van der Waals surface area contributed by atoms with E-state index in [0.717, 1.165) is 14.0 Å². The molecular weight excluding hydrogens is 524 g/mol. The molecule has 1 unspecified atom stereocenters. The average molecular weight is 559 g/mol. The van der Waals surface area contributed by atoms with Crippen molar-refractivity contribution in [1.82, 2.24) is 0 Å². The molecule has 0 radical (unpaired) electrons. The lowest BCUT2D eigenvalue weighted by Gasteiger charge is -2.65. The molecule has 11 nitrogen and oxygen atoms in total. The number of ether oxygens (including phenoxy) is 3. The number of hydrogen-bond acceptors (Lipinski definition) is 11. The molecule has 40 heavy (non-hydrogen) atoms. The number of rotatable bonds is 4. The first-order valence-electron chi connectivity index (χ1n) is 13.5.